The van der Waals surface area contributed by atoms with Crippen molar-refractivity contribution in [2.75, 3.05) is 0 Å². The lowest BCUT2D eigenvalue weighted by atomic mass is 10.0. The van der Waals surface area contributed by atoms with Gasteiger partial charge in [-0.1, -0.05) is 12.1 Å². The molecule has 0 radical (unpaired) electrons. The van der Waals surface area contributed by atoms with E-state index in [1.165, 1.54) is 60.7 Å². The fraction of sp³-hybridized carbons (Fsp3) is 0.0833. The summed E-state index contributed by atoms with van der Waals surface area (Å²) in [5, 5.41) is 34.4. The van der Waals surface area contributed by atoms with E-state index in [1.54, 1.807) is 0 Å². The Labute approximate surface area is 191 Å². The predicted octanol–water partition coefficient (Wildman–Crippen LogP) is 4.16. The van der Waals surface area contributed by atoms with Crippen molar-refractivity contribution in [2.45, 2.75) is 12.1 Å². The third kappa shape index (κ3) is 3.47. The van der Waals surface area contributed by atoms with Gasteiger partial charge in [0.1, 0.15) is 11.5 Å². The Morgan fingerprint density at radius 2 is 0.882 bits per heavy atom. The fourth-order valence-electron chi connectivity index (χ4n) is 3.81. The topological polar surface area (TPSA) is 158 Å². The number of phenolic OH excluding ortho intramolecular Hbond substituents is 2. The quantitative estimate of drug-likeness (QED) is 0.445. The minimum Gasteiger partial charge on any atom is -0.508 e. The molecule has 34 heavy (non-hydrogen) atoms. The number of hydrogen-bond acceptors (Lipinski definition) is 10. The second-order valence-electron chi connectivity index (χ2n) is 7.68. The van der Waals surface area contributed by atoms with Crippen LogP contribution in [0, 0.1) is 0 Å². The summed E-state index contributed by atoms with van der Waals surface area (Å²) in [7, 11) is 0. The number of fused-ring (bicyclic) bond motifs is 2. The lowest BCUT2D eigenvalue weighted by molar-refractivity contribution is 0.0879. The molecule has 0 fully saturated rings. The van der Waals surface area contributed by atoms with Gasteiger partial charge in [0.25, 0.3) is 0 Å². The number of aromatic hydroxyl groups is 2. The molecule has 0 bridgehead atoms. The largest absolute Gasteiger partial charge is 0.508 e. The minimum absolute atomic E-state index is 0.0182. The van der Waals surface area contributed by atoms with E-state index in [1.807, 2.05) is 0 Å². The number of Topliss-reactive ketones (excluding diaryl/α,β-unsaturated/α-hetero) is 4. The summed E-state index contributed by atoms with van der Waals surface area (Å²) in [5.74, 6) is -2.66. The van der Waals surface area contributed by atoms with Crippen LogP contribution < -0.4 is 0 Å². The second kappa shape index (κ2) is 7.93. The molecule has 3 aromatic rings. The first-order valence-corrected chi connectivity index (χ1v) is 10.1. The Morgan fingerprint density at radius 3 is 1.21 bits per heavy atom. The van der Waals surface area contributed by atoms with Crippen LogP contribution in [0.5, 0.6) is 11.5 Å². The molecule has 0 amide bonds. The molecule has 0 aliphatic heterocycles. The summed E-state index contributed by atoms with van der Waals surface area (Å²) in [6.45, 7) is 0. The Hall–Kier alpha value is -4.86. The summed E-state index contributed by atoms with van der Waals surface area (Å²) < 4.78 is 0. The van der Waals surface area contributed by atoms with Crippen LogP contribution in [0.15, 0.2) is 81.1 Å². The van der Waals surface area contributed by atoms with Crippen molar-refractivity contribution in [1.29, 1.82) is 0 Å². The van der Waals surface area contributed by atoms with E-state index >= 15 is 0 Å². The van der Waals surface area contributed by atoms with Crippen molar-refractivity contribution in [2.24, 2.45) is 20.5 Å². The molecule has 3 aromatic carbocycles. The van der Waals surface area contributed by atoms with Crippen LogP contribution in [0.2, 0.25) is 0 Å². The van der Waals surface area contributed by atoms with Crippen molar-refractivity contribution in [1.82, 2.24) is 0 Å². The number of hydrogen-bond donors (Lipinski definition) is 2. The normalized spacial score (nSPS) is 16.2. The van der Waals surface area contributed by atoms with E-state index in [-0.39, 0.29) is 45.1 Å². The molecule has 10 nitrogen and oxygen atoms in total. The zero-order valence-electron chi connectivity index (χ0n) is 17.2. The standard InChI is InChI=1S/C24H14N4O6/c29-13-5-1-3-11(7-13)25-27-19-21(31)15-9-17-18(10-16(15)22(19)32)24(34)20(23(17)33)28-26-12-4-2-6-14(30)8-12/h1-10,19-20,29-30H. The molecule has 0 saturated heterocycles. The lowest BCUT2D eigenvalue weighted by Crippen LogP contribution is -2.20. The van der Waals surface area contributed by atoms with Crippen LogP contribution in [-0.2, 0) is 0 Å². The smallest absolute Gasteiger partial charge is 0.197 e. The summed E-state index contributed by atoms with van der Waals surface area (Å²) in [5.41, 5.74) is 0.435. The second-order valence-corrected chi connectivity index (χ2v) is 7.68. The van der Waals surface area contributed by atoms with Crippen molar-refractivity contribution in [3.8, 4) is 11.5 Å². The fourth-order valence-corrected chi connectivity index (χ4v) is 3.81. The highest BCUT2D eigenvalue weighted by Gasteiger charge is 2.45. The average molecular weight is 454 g/mol. The van der Waals surface area contributed by atoms with Crippen LogP contribution in [0.3, 0.4) is 0 Å². The molecule has 0 atom stereocenters. The molecule has 2 N–H and O–H groups in total. The van der Waals surface area contributed by atoms with Crippen molar-refractivity contribution >= 4 is 34.5 Å². The predicted molar refractivity (Wildman–Crippen MR) is 117 cm³/mol. The number of ketones is 4. The third-order valence-electron chi connectivity index (χ3n) is 5.45. The molecular weight excluding hydrogens is 440 g/mol. The van der Waals surface area contributed by atoms with Crippen LogP contribution in [0.4, 0.5) is 11.4 Å². The van der Waals surface area contributed by atoms with Crippen LogP contribution in [0.25, 0.3) is 0 Å². The number of benzene rings is 3. The van der Waals surface area contributed by atoms with E-state index in [0.29, 0.717) is 0 Å². The molecule has 2 aliphatic rings. The van der Waals surface area contributed by atoms with E-state index in [4.69, 9.17) is 0 Å². The van der Waals surface area contributed by atoms with Gasteiger partial charge in [-0.2, -0.15) is 20.5 Å². The summed E-state index contributed by atoms with van der Waals surface area (Å²) >= 11 is 0. The van der Waals surface area contributed by atoms with Crippen molar-refractivity contribution < 1.29 is 29.4 Å². The molecule has 0 heterocycles. The highest BCUT2D eigenvalue weighted by atomic mass is 16.3. The van der Waals surface area contributed by atoms with Crippen LogP contribution in [0.1, 0.15) is 41.4 Å². The van der Waals surface area contributed by atoms with Gasteiger partial charge in [-0.15, -0.1) is 0 Å². The first kappa shape index (κ1) is 21.0. The molecule has 10 heteroatoms. The van der Waals surface area contributed by atoms with Crippen LogP contribution >= 0.6 is 0 Å². The van der Waals surface area contributed by atoms with Gasteiger partial charge < -0.3 is 10.2 Å². The highest BCUT2D eigenvalue weighted by molar-refractivity contribution is 6.34. The first-order chi connectivity index (χ1) is 16.3. The van der Waals surface area contributed by atoms with Gasteiger partial charge in [0.2, 0.25) is 0 Å². The molecule has 166 valence electrons. The Balaban J connectivity index is 1.43. The third-order valence-corrected chi connectivity index (χ3v) is 5.45. The van der Waals surface area contributed by atoms with Gasteiger partial charge in [0.15, 0.2) is 35.2 Å². The number of phenols is 2. The highest BCUT2D eigenvalue weighted by Crippen LogP contribution is 2.34. The van der Waals surface area contributed by atoms with E-state index in [9.17, 15) is 29.4 Å². The maximum absolute atomic E-state index is 12.8. The zero-order chi connectivity index (χ0) is 24.0. The molecule has 2 aliphatic carbocycles. The molecule has 5 rings (SSSR count). The van der Waals surface area contributed by atoms with Gasteiger partial charge in [0, 0.05) is 34.4 Å². The Morgan fingerprint density at radius 1 is 0.529 bits per heavy atom. The molecule has 0 unspecified atom stereocenters. The zero-order valence-corrected chi connectivity index (χ0v) is 17.2. The number of azo groups is 2. The van der Waals surface area contributed by atoms with Gasteiger partial charge in [-0.25, -0.2) is 0 Å². The van der Waals surface area contributed by atoms with Gasteiger partial charge in [-0.05, 0) is 36.4 Å². The molecular formula is C24H14N4O6. The summed E-state index contributed by atoms with van der Waals surface area (Å²) in [6, 6.07) is 11.2. The maximum Gasteiger partial charge on any atom is 0.197 e. The monoisotopic (exact) mass is 454 g/mol. The first-order valence-electron chi connectivity index (χ1n) is 10.1. The van der Waals surface area contributed by atoms with E-state index in [0.717, 1.165) is 0 Å². The summed E-state index contributed by atoms with van der Waals surface area (Å²) in [6.07, 6.45) is 0. The SMILES string of the molecule is O=C1c2cc3c(cc2C(=O)C1N=Nc1cccc(O)c1)C(=O)C(N=Nc1cccc(O)c1)C3=O. The van der Waals surface area contributed by atoms with E-state index in [2.05, 4.69) is 20.5 Å². The van der Waals surface area contributed by atoms with Crippen molar-refractivity contribution in [3.63, 3.8) is 0 Å². The number of rotatable bonds is 4. The lowest BCUT2D eigenvalue weighted by Gasteiger charge is -1.99. The number of carbonyl (C=O) groups excluding carboxylic acids is 4. The maximum atomic E-state index is 12.8. The molecule has 0 spiro atoms. The van der Waals surface area contributed by atoms with E-state index < -0.39 is 35.2 Å². The van der Waals surface area contributed by atoms with Gasteiger partial charge in [-0.3, -0.25) is 19.2 Å². The number of nitrogens with zero attached hydrogens (tertiary/aromatic N) is 4. The minimum atomic E-state index is -1.44. The Bertz CT molecular complexity index is 1310. The number of carbonyl (C=O) groups is 4. The van der Waals surface area contributed by atoms with Gasteiger partial charge in [0.05, 0.1) is 11.4 Å². The Kier molecular flexibility index (Phi) is 4.90. The molecule has 0 aromatic heterocycles. The molecule has 0 saturated carbocycles. The van der Waals surface area contributed by atoms with Crippen LogP contribution in [-0.4, -0.2) is 45.4 Å². The average Bonchev–Trinajstić information content (AvgIpc) is 3.19. The summed E-state index contributed by atoms with van der Waals surface area (Å²) in [4.78, 5) is 51.3. The van der Waals surface area contributed by atoms with Gasteiger partial charge >= 0.3 is 0 Å². The van der Waals surface area contributed by atoms with Crippen molar-refractivity contribution in [3.05, 3.63) is 82.9 Å².